The number of rotatable bonds is 3. The molecule has 0 unspecified atom stereocenters. The normalized spacial score (nSPS) is 10.4. The van der Waals surface area contributed by atoms with E-state index in [1.165, 1.54) is 13.2 Å². The third-order valence-electron chi connectivity index (χ3n) is 2.56. The number of aromatic nitrogens is 1. The second-order valence-electron chi connectivity index (χ2n) is 3.77. The van der Waals surface area contributed by atoms with Gasteiger partial charge in [-0.05, 0) is 23.8 Å². The molecule has 0 bridgehead atoms. The van der Waals surface area contributed by atoms with Crippen molar-refractivity contribution in [1.82, 2.24) is 4.57 Å². The molecule has 2 rings (SSSR count). The van der Waals surface area contributed by atoms with E-state index in [-0.39, 0.29) is 5.56 Å². The first-order valence-corrected chi connectivity index (χ1v) is 6.04. The van der Waals surface area contributed by atoms with Crippen molar-refractivity contribution in [2.24, 2.45) is 0 Å². The number of pyridine rings is 1. The van der Waals surface area contributed by atoms with Gasteiger partial charge in [0.15, 0.2) is 0 Å². The predicted octanol–water partition coefficient (Wildman–Crippen LogP) is 3.21. The van der Waals surface area contributed by atoms with Gasteiger partial charge in [0, 0.05) is 22.3 Å². The van der Waals surface area contributed by atoms with E-state index in [0.29, 0.717) is 22.3 Å². The van der Waals surface area contributed by atoms with Crippen LogP contribution >= 0.6 is 23.2 Å². The average Bonchev–Trinajstić information content (AvgIpc) is 2.34. The van der Waals surface area contributed by atoms with Crippen LogP contribution < -0.4 is 10.3 Å². The molecule has 18 heavy (non-hydrogen) atoms. The first kappa shape index (κ1) is 13.0. The molecular formula is C13H11Cl2NO2. The molecule has 94 valence electrons. The summed E-state index contributed by atoms with van der Waals surface area (Å²) in [6.07, 6.45) is 1.67. The molecule has 0 aliphatic carbocycles. The Balaban J connectivity index is 2.31. The maximum atomic E-state index is 11.8. The summed E-state index contributed by atoms with van der Waals surface area (Å²) in [4.78, 5) is 11.8. The fourth-order valence-corrected chi connectivity index (χ4v) is 2.05. The van der Waals surface area contributed by atoms with E-state index >= 15 is 0 Å². The number of benzene rings is 1. The van der Waals surface area contributed by atoms with E-state index in [0.717, 1.165) is 5.56 Å². The molecule has 3 nitrogen and oxygen atoms in total. The molecule has 0 N–H and O–H groups in total. The van der Waals surface area contributed by atoms with Crippen LogP contribution in [-0.4, -0.2) is 11.7 Å². The van der Waals surface area contributed by atoms with Crippen LogP contribution in [0.3, 0.4) is 0 Å². The van der Waals surface area contributed by atoms with Crippen LogP contribution in [0.4, 0.5) is 0 Å². The SMILES string of the molecule is COc1ccn(Cc2ccc(Cl)cc2Cl)c(=O)c1. The summed E-state index contributed by atoms with van der Waals surface area (Å²) in [5.74, 6) is 0.540. The number of hydrogen-bond donors (Lipinski definition) is 0. The highest BCUT2D eigenvalue weighted by molar-refractivity contribution is 6.35. The summed E-state index contributed by atoms with van der Waals surface area (Å²) in [5.41, 5.74) is 0.703. The first-order valence-electron chi connectivity index (χ1n) is 5.28. The van der Waals surface area contributed by atoms with Gasteiger partial charge in [-0.1, -0.05) is 29.3 Å². The van der Waals surface area contributed by atoms with E-state index in [4.69, 9.17) is 27.9 Å². The van der Waals surface area contributed by atoms with Crippen molar-refractivity contribution in [3.63, 3.8) is 0 Å². The first-order chi connectivity index (χ1) is 8.60. The Bertz CT molecular complexity index is 623. The lowest BCUT2D eigenvalue weighted by Crippen LogP contribution is -2.19. The fraction of sp³-hybridized carbons (Fsp3) is 0.154. The highest BCUT2D eigenvalue weighted by atomic mass is 35.5. The zero-order chi connectivity index (χ0) is 13.1. The van der Waals surface area contributed by atoms with Gasteiger partial charge >= 0.3 is 0 Å². The molecular weight excluding hydrogens is 273 g/mol. The van der Waals surface area contributed by atoms with Gasteiger partial charge < -0.3 is 9.30 Å². The van der Waals surface area contributed by atoms with Gasteiger partial charge in [0.25, 0.3) is 5.56 Å². The second-order valence-corrected chi connectivity index (χ2v) is 4.61. The van der Waals surface area contributed by atoms with Gasteiger partial charge in [-0.3, -0.25) is 4.79 Å². The van der Waals surface area contributed by atoms with Crippen molar-refractivity contribution >= 4 is 23.2 Å². The van der Waals surface area contributed by atoms with Crippen molar-refractivity contribution < 1.29 is 4.74 Å². The molecule has 0 aliphatic heterocycles. The molecule has 0 atom stereocenters. The minimum Gasteiger partial charge on any atom is -0.497 e. The van der Waals surface area contributed by atoms with Gasteiger partial charge in [-0.2, -0.15) is 0 Å². The number of halogens is 2. The van der Waals surface area contributed by atoms with Crippen LogP contribution in [0.2, 0.25) is 10.0 Å². The van der Waals surface area contributed by atoms with Gasteiger partial charge in [0.05, 0.1) is 13.7 Å². The van der Waals surface area contributed by atoms with Crippen LogP contribution in [0, 0.1) is 0 Å². The van der Waals surface area contributed by atoms with E-state index in [2.05, 4.69) is 0 Å². The van der Waals surface area contributed by atoms with E-state index in [9.17, 15) is 4.79 Å². The number of hydrogen-bond acceptors (Lipinski definition) is 2. The summed E-state index contributed by atoms with van der Waals surface area (Å²) in [7, 11) is 1.52. The quantitative estimate of drug-likeness (QED) is 0.866. The Labute approximate surface area is 115 Å². The Hall–Kier alpha value is -1.45. The summed E-state index contributed by atoms with van der Waals surface area (Å²) in [5, 5.41) is 1.12. The predicted molar refractivity (Wildman–Crippen MR) is 72.8 cm³/mol. The van der Waals surface area contributed by atoms with Crippen molar-refractivity contribution in [3.8, 4) is 5.75 Å². The van der Waals surface area contributed by atoms with E-state index in [1.54, 1.807) is 35.0 Å². The average molecular weight is 284 g/mol. The molecule has 0 fully saturated rings. The number of methoxy groups -OCH3 is 1. The summed E-state index contributed by atoms with van der Waals surface area (Å²) in [6.45, 7) is 0.402. The van der Waals surface area contributed by atoms with Gasteiger partial charge in [0.1, 0.15) is 5.75 Å². The van der Waals surface area contributed by atoms with Crippen molar-refractivity contribution in [2.75, 3.05) is 7.11 Å². The minimum absolute atomic E-state index is 0.139. The Morgan fingerprint density at radius 2 is 2.00 bits per heavy atom. The molecule has 1 aromatic heterocycles. The summed E-state index contributed by atoms with van der Waals surface area (Å²) in [6, 6.07) is 8.38. The third kappa shape index (κ3) is 2.86. The van der Waals surface area contributed by atoms with E-state index < -0.39 is 0 Å². The zero-order valence-electron chi connectivity index (χ0n) is 9.69. The molecule has 1 heterocycles. The zero-order valence-corrected chi connectivity index (χ0v) is 11.2. The maximum Gasteiger partial charge on any atom is 0.254 e. The molecule has 5 heteroatoms. The summed E-state index contributed by atoms with van der Waals surface area (Å²) < 4.78 is 6.54. The van der Waals surface area contributed by atoms with Crippen molar-refractivity contribution in [2.45, 2.75) is 6.54 Å². The van der Waals surface area contributed by atoms with Gasteiger partial charge in [-0.25, -0.2) is 0 Å². The largest absolute Gasteiger partial charge is 0.497 e. The highest BCUT2D eigenvalue weighted by Crippen LogP contribution is 2.21. The number of nitrogens with zero attached hydrogens (tertiary/aromatic N) is 1. The molecule has 1 aromatic carbocycles. The lowest BCUT2D eigenvalue weighted by molar-refractivity contribution is 0.412. The Kier molecular flexibility index (Phi) is 3.94. The van der Waals surface area contributed by atoms with Gasteiger partial charge in [0.2, 0.25) is 0 Å². The second kappa shape index (κ2) is 5.46. The number of ether oxygens (including phenoxy) is 1. The molecule has 0 aliphatic rings. The highest BCUT2D eigenvalue weighted by Gasteiger charge is 2.04. The third-order valence-corrected chi connectivity index (χ3v) is 3.15. The molecule has 0 amide bonds. The standard InChI is InChI=1S/C13H11Cl2NO2/c1-18-11-4-5-16(13(17)7-11)8-9-2-3-10(14)6-12(9)15/h2-7H,8H2,1H3. The molecule has 0 saturated carbocycles. The topological polar surface area (TPSA) is 31.2 Å². The minimum atomic E-state index is -0.139. The van der Waals surface area contributed by atoms with Crippen LogP contribution in [0.5, 0.6) is 5.75 Å². The molecule has 0 spiro atoms. The van der Waals surface area contributed by atoms with Crippen LogP contribution in [0.25, 0.3) is 0 Å². The lowest BCUT2D eigenvalue weighted by atomic mass is 10.2. The Morgan fingerprint density at radius 3 is 2.61 bits per heavy atom. The van der Waals surface area contributed by atoms with Gasteiger partial charge in [-0.15, -0.1) is 0 Å². The van der Waals surface area contributed by atoms with E-state index in [1.807, 2.05) is 0 Å². The van der Waals surface area contributed by atoms with Crippen LogP contribution in [-0.2, 0) is 6.54 Å². The van der Waals surface area contributed by atoms with Crippen LogP contribution in [0.15, 0.2) is 41.3 Å². The lowest BCUT2D eigenvalue weighted by Gasteiger charge is -2.08. The maximum absolute atomic E-state index is 11.8. The van der Waals surface area contributed by atoms with Crippen LogP contribution in [0.1, 0.15) is 5.56 Å². The van der Waals surface area contributed by atoms with Crippen molar-refractivity contribution in [3.05, 3.63) is 62.5 Å². The monoisotopic (exact) mass is 283 g/mol. The molecule has 0 radical (unpaired) electrons. The molecule has 0 saturated heterocycles. The smallest absolute Gasteiger partial charge is 0.254 e. The Morgan fingerprint density at radius 1 is 1.22 bits per heavy atom. The summed E-state index contributed by atoms with van der Waals surface area (Å²) >= 11 is 11.9. The molecule has 2 aromatic rings. The van der Waals surface area contributed by atoms with Crippen molar-refractivity contribution in [1.29, 1.82) is 0 Å². The fourth-order valence-electron chi connectivity index (χ4n) is 1.58.